The molecule has 2 amide bonds. The number of nitrogens with one attached hydrogen (secondary N) is 1. The van der Waals surface area contributed by atoms with Gasteiger partial charge < -0.3 is 10.2 Å². The van der Waals surface area contributed by atoms with Crippen LogP contribution in [-0.2, 0) is 16.0 Å². The smallest absolute Gasteiger partial charge is 0.249 e. The number of halogens is 1. The Morgan fingerprint density at radius 3 is 2.26 bits per heavy atom. The predicted octanol–water partition coefficient (Wildman–Crippen LogP) is 3.87. The van der Waals surface area contributed by atoms with Gasteiger partial charge in [-0.05, 0) is 43.9 Å². The maximum atomic E-state index is 13.7. The number of nitrogens with zero attached hydrogens (tertiary/aromatic N) is 1. The number of hydrogen-bond donors (Lipinski definition) is 1. The monoisotopic (exact) mass is 370 g/mol. The number of carbonyl (C=O) groups excluding carboxylic acids is 2. The lowest BCUT2D eigenvalue weighted by molar-refractivity contribution is -0.136. The SMILES string of the molecule is CCN(CC)C(=O)C(NC(=O)CCCc1ccccc1F)c1ccccc1. The van der Waals surface area contributed by atoms with Crippen LogP contribution in [0, 0.1) is 5.82 Å². The molecule has 2 aromatic carbocycles. The lowest BCUT2D eigenvalue weighted by Crippen LogP contribution is -2.42. The summed E-state index contributed by atoms with van der Waals surface area (Å²) in [6, 6.07) is 15.1. The van der Waals surface area contributed by atoms with E-state index in [1.165, 1.54) is 6.07 Å². The molecule has 2 rings (SSSR count). The molecule has 27 heavy (non-hydrogen) atoms. The van der Waals surface area contributed by atoms with E-state index in [0.717, 1.165) is 5.56 Å². The Morgan fingerprint density at radius 1 is 1.00 bits per heavy atom. The van der Waals surface area contributed by atoms with Gasteiger partial charge in [0.15, 0.2) is 0 Å². The molecule has 1 atom stereocenters. The normalized spacial score (nSPS) is 11.7. The Bertz CT molecular complexity index is 745. The maximum absolute atomic E-state index is 13.7. The second-order valence-electron chi connectivity index (χ2n) is 6.37. The second-order valence-corrected chi connectivity index (χ2v) is 6.37. The van der Waals surface area contributed by atoms with Gasteiger partial charge >= 0.3 is 0 Å². The van der Waals surface area contributed by atoms with Crippen molar-refractivity contribution in [3.8, 4) is 0 Å². The minimum atomic E-state index is -0.702. The Labute approximate surface area is 160 Å². The van der Waals surface area contributed by atoms with Crippen LogP contribution >= 0.6 is 0 Å². The molecule has 0 aliphatic heterocycles. The number of hydrogen-bond acceptors (Lipinski definition) is 2. The quantitative estimate of drug-likeness (QED) is 0.728. The van der Waals surface area contributed by atoms with Gasteiger partial charge in [-0.25, -0.2) is 4.39 Å². The van der Waals surface area contributed by atoms with Crippen LogP contribution in [0.2, 0.25) is 0 Å². The molecule has 0 radical (unpaired) electrons. The van der Waals surface area contributed by atoms with E-state index in [1.807, 2.05) is 44.2 Å². The van der Waals surface area contributed by atoms with Crippen LogP contribution in [0.25, 0.3) is 0 Å². The van der Waals surface area contributed by atoms with Gasteiger partial charge in [0.05, 0.1) is 0 Å². The largest absolute Gasteiger partial charge is 0.341 e. The van der Waals surface area contributed by atoms with Crippen molar-refractivity contribution in [2.24, 2.45) is 0 Å². The molecule has 0 aliphatic rings. The predicted molar refractivity (Wildman–Crippen MR) is 105 cm³/mol. The molecular formula is C22H27FN2O2. The summed E-state index contributed by atoms with van der Waals surface area (Å²) >= 11 is 0. The highest BCUT2D eigenvalue weighted by Crippen LogP contribution is 2.17. The number of likely N-dealkylation sites (N-methyl/N-ethyl adjacent to an activating group) is 1. The Kier molecular flexibility index (Phi) is 7.99. The lowest BCUT2D eigenvalue weighted by atomic mass is 10.0. The summed E-state index contributed by atoms with van der Waals surface area (Å²) in [5, 5.41) is 2.86. The zero-order valence-electron chi connectivity index (χ0n) is 16.0. The third-order valence-corrected chi connectivity index (χ3v) is 4.57. The van der Waals surface area contributed by atoms with Gasteiger partial charge in [-0.15, -0.1) is 0 Å². The first-order valence-electron chi connectivity index (χ1n) is 9.43. The fourth-order valence-electron chi connectivity index (χ4n) is 3.02. The number of carbonyl (C=O) groups is 2. The highest BCUT2D eigenvalue weighted by atomic mass is 19.1. The first-order valence-corrected chi connectivity index (χ1v) is 9.43. The third kappa shape index (κ3) is 5.91. The summed E-state index contributed by atoms with van der Waals surface area (Å²) in [6.45, 7) is 5.00. The van der Waals surface area contributed by atoms with E-state index in [9.17, 15) is 14.0 Å². The number of aryl methyl sites for hydroxylation is 1. The highest BCUT2D eigenvalue weighted by molar-refractivity contribution is 5.88. The van der Waals surface area contributed by atoms with Gasteiger partial charge in [-0.3, -0.25) is 9.59 Å². The summed E-state index contributed by atoms with van der Waals surface area (Å²) in [4.78, 5) is 27.0. The molecule has 0 spiro atoms. The highest BCUT2D eigenvalue weighted by Gasteiger charge is 2.25. The average molecular weight is 370 g/mol. The summed E-state index contributed by atoms with van der Waals surface area (Å²) < 4.78 is 13.7. The van der Waals surface area contributed by atoms with Crippen LogP contribution in [0.15, 0.2) is 54.6 Å². The van der Waals surface area contributed by atoms with Gasteiger partial charge in [-0.2, -0.15) is 0 Å². The molecule has 1 N–H and O–H groups in total. The summed E-state index contributed by atoms with van der Waals surface area (Å²) in [6.07, 6.45) is 1.25. The zero-order chi connectivity index (χ0) is 19.6. The zero-order valence-corrected chi connectivity index (χ0v) is 16.0. The van der Waals surface area contributed by atoms with E-state index in [0.29, 0.717) is 31.5 Å². The van der Waals surface area contributed by atoms with E-state index < -0.39 is 6.04 Å². The Morgan fingerprint density at radius 2 is 1.63 bits per heavy atom. The molecule has 0 aliphatic carbocycles. The van der Waals surface area contributed by atoms with Crippen molar-refractivity contribution in [3.05, 3.63) is 71.5 Å². The average Bonchev–Trinajstić information content (AvgIpc) is 2.69. The van der Waals surface area contributed by atoms with Gasteiger partial charge in [0.2, 0.25) is 11.8 Å². The van der Waals surface area contributed by atoms with Gasteiger partial charge in [-0.1, -0.05) is 48.5 Å². The van der Waals surface area contributed by atoms with Crippen LogP contribution in [0.5, 0.6) is 0 Å². The van der Waals surface area contributed by atoms with Crippen molar-refractivity contribution in [1.29, 1.82) is 0 Å². The molecule has 0 heterocycles. The van der Waals surface area contributed by atoms with Crippen molar-refractivity contribution >= 4 is 11.8 Å². The van der Waals surface area contributed by atoms with E-state index in [4.69, 9.17) is 0 Å². The fraction of sp³-hybridized carbons (Fsp3) is 0.364. The molecular weight excluding hydrogens is 343 g/mol. The second kappa shape index (κ2) is 10.5. The number of rotatable bonds is 9. The number of amides is 2. The molecule has 0 saturated carbocycles. The van der Waals surface area contributed by atoms with E-state index in [-0.39, 0.29) is 24.1 Å². The van der Waals surface area contributed by atoms with Gasteiger partial charge in [0.1, 0.15) is 11.9 Å². The van der Waals surface area contributed by atoms with E-state index in [2.05, 4.69) is 5.32 Å². The molecule has 144 valence electrons. The summed E-state index contributed by atoms with van der Waals surface area (Å²) in [7, 11) is 0. The van der Waals surface area contributed by atoms with Crippen LogP contribution in [0.3, 0.4) is 0 Å². The van der Waals surface area contributed by atoms with E-state index in [1.54, 1.807) is 23.1 Å². The summed E-state index contributed by atoms with van der Waals surface area (Å²) in [5.41, 5.74) is 1.36. The van der Waals surface area contributed by atoms with Crippen molar-refractivity contribution in [3.63, 3.8) is 0 Å². The van der Waals surface area contributed by atoms with Crippen molar-refractivity contribution in [2.75, 3.05) is 13.1 Å². The van der Waals surface area contributed by atoms with Gasteiger partial charge in [0.25, 0.3) is 0 Å². The van der Waals surface area contributed by atoms with Crippen molar-refractivity contribution in [1.82, 2.24) is 10.2 Å². The minimum absolute atomic E-state index is 0.117. The van der Waals surface area contributed by atoms with Crippen LogP contribution in [-0.4, -0.2) is 29.8 Å². The summed E-state index contributed by atoms with van der Waals surface area (Å²) in [5.74, 6) is -0.578. The van der Waals surface area contributed by atoms with Crippen molar-refractivity contribution in [2.45, 2.75) is 39.2 Å². The van der Waals surface area contributed by atoms with Crippen LogP contribution in [0.1, 0.15) is 43.9 Å². The minimum Gasteiger partial charge on any atom is -0.341 e. The lowest BCUT2D eigenvalue weighted by Gasteiger charge is -2.26. The maximum Gasteiger partial charge on any atom is 0.249 e. The fourth-order valence-corrected chi connectivity index (χ4v) is 3.02. The molecule has 0 saturated heterocycles. The Balaban J connectivity index is 2.00. The molecule has 0 fully saturated rings. The standard InChI is InChI=1S/C22H27FN2O2/c1-3-25(4-2)22(27)21(18-12-6-5-7-13-18)24-20(26)16-10-14-17-11-8-9-15-19(17)23/h5-9,11-13,15,21H,3-4,10,14,16H2,1-2H3,(H,24,26). The van der Waals surface area contributed by atoms with Crippen molar-refractivity contribution < 1.29 is 14.0 Å². The third-order valence-electron chi connectivity index (χ3n) is 4.57. The van der Waals surface area contributed by atoms with Crippen LogP contribution < -0.4 is 5.32 Å². The van der Waals surface area contributed by atoms with Gasteiger partial charge in [0, 0.05) is 19.5 Å². The van der Waals surface area contributed by atoms with Crippen LogP contribution in [0.4, 0.5) is 4.39 Å². The molecule has 0 aromatic heterocycles. The topological polar surface area (TPSA) is 49.4 Å². The molecule has 5 heteroatoms. The number of benzene rings is 2. The molecule has 1 unspecified atom stereocenters. The van der Waals surface area contributed by atoms with E-state index >= 15 is 0 Å². The first-order chi connectivity index (χ1) is 13.1. The molecule has 2 aromatic rings. The first kappa shape index (κ1) is 20.6. The molecule has 0 bridgehead atoms. The Hall–Kier alpha value is -2.69. The molecule has 4 nitrogen and oxygen atoms in total.